The summed E-state index contributed by atoms with van der Waals surface area (Å²) in [7, 11) is 1.31. The zero-order valence-corrected chi connectivity index (χ0v) is 14.4. The fourth-order valence-electron chi connectivity index (χ4n) is 2.12. The maximum atomic E-state index is 12.3. The Morgan fingerprint density at radius 1 is 1.12 bits per heavy atom. The van der Waals surface area contributed by atoms with E-state index in [1.807, 2.05) is 0 Å². The fourth-order valence-corrected chi connectivity index (χ4v) is 2.30. The Labute approximate surface area is 145 Å². The topological polar surface area (TPSA) is 64.6 Å². The van der Waals surface area contributed by atoms with Gasteiger partial charge in [0.2, 0.25) is 0 Å². The number of carbonyl (C=O) groups is 2. The molecule has 0 bridgehead atoms. The molecule has 0 aliphatic heterocycles. The second-order valence-corrected chi connectivity index (χ2v) is 5.56. The Kier molecular flexibility index (Phi) is 5.82. The number of methoxy groups -OCH3 is 1. The number of amides is 1. The van der Waals surface area contributed by atoms with Crippen molar-refractivity contribution in [2.75, 3.05) is 12.4 Å². The van der Waals surface area contributed by atoms with Crippen molar-refractivity contribution in [3.8, 4) is 5.75 Å². The van der Waals surface area contributed by atoms with Gasteiger partial charge in [-0.15, -0.1) is 0 Å². The standard InChI is InChI=1S/C18H18ClNO4/c1-11-13(18(22)23-3)7-6-9-15(11)20-17(21)12(2)24-16-10-5-4-8-14(16)19/h4-10,12H,1-3H3,(H,20,21)/t12-/m0/s1. The average molecular weight is 348 g/mol. The number of nitrogens with one attached hydrogen (secondary N) is 1. The van der Waals surface area contributed by atoms with E-state index in [0.29, 0.717) is 27.6 Å². The Hall–Kier alpha value is -2.53. The van der Waals surface area contributed by atoms with Gasteiger partial charge in [-0.05, 0) is 43.7 Å². The molecular weight excluding hydrogens is 330 g/mol. The van der Waals surface area contributed by atoms with E-state index >= 15 is 0 Å². The smallest absolute Gasteiger partial charge is 0.338 e. The van der Waals surface area contributed by atoms with Crippen molar-refractivity contribution < 1.29 is 19.1 Å². The lowest BCUT2D eigenvalue weighted by atomic mass is 10.1. The van der Waals surface area contributed by atoms with Gasteiger partial charge in [0.1, 0.15) is 5.75 Å². The van der Waals surface area contributed by atoms with Crippen molar-refractivity contribution in [2.45, 2.75) is 20.0 Å². The van der Waals surface area contributed by atoms with Crippen LogP contribution in [0.3, 0.4) is 0 Å². The first-order valence-corrected chi connectivity index (χ1v) is 7.71. The molecule has 0 spiro atoms. The predicted octanol–water partition coefficient (Wildman–Crippen LogP) is 3.84. The van der Waals surface area contributed by atoms with Crippen molar-refractivity contribution in [3.63, 3.8) is 0 Å². The third-order valence-electron chi connectivity index (χ3n) is 3.51. The van der Waals surface area contributed by atoms with E-state index < -0.39 is 12.1 Å². The number of esters is 1. The molecular formula is C18H18ClNO4. The number of rotatable bonds is 5. The molecule has 0 aromatic heterocycles. The molecule has 2 aromatic rings. The van der Waals surface area contributed by atoms with Gasteiger partial charge in [-0.1, -0.05) is 29.8 Å². The van der Waals surface area contributed by atoms with Crippen molar-refractivity contribution >= 4 is 29.2 Å². The largest absolute Gasteiger partial charge is 0.479 e. The Bertz CT molecular complexity index is 760. The van der Waals surface area contributed by atoms with Crippen molar-refractivity contribution in [2.24, 2.45) is 0 Å². The van der Waals surface area contributed by atoms with Gasteiger partial charge < -0.3 is 14.8 Å². The maximum Gasteiger partial charge on any atom is 0.338 e. The quantitative estimate of drug-likeness (QED) is 0.834. The summed E-state index contributed by atoms with van der Waals surface area (Å²) in [6.07, 6.45) is -0.758. The molecule has 0 saturated heterocycles. The van der Waals surface area contributed by atoms with Gasteiger partial charge >= 0.3 is 5.97 Å². The van der Waals surface area contributed by atoms with Gasteiger partial charge in [-0.25, -0.2) is 4.79 Å². The van der Waals surface area contributed by atoms with Crippen molar-refractivity contribution in [3.05, 3.63) is 58.6 Å². The summed E-state index contributed by atoms with van der Waals surface area (Å²) in [4.78, 5) is 24.0. The van der Waals surface area contributed by atoms with E-state index in [1.165, 1.54) is 7.11 Å². The summed E-state index contributed by atoms with van der Waals surface area (Å²) >= 11 is 6.02. The molecule has 0 unspecified atom stereocenters. The van der Waals surface area contributed by atoms with Gasteiger partial charge in [0, 0.05) is 5.69 Å². The van der Waals surface area contributed by atoms with E-state index in [4.69, 9.17) is 21.1 Å². The molecule has 0 radical (unpaired) electrons. The highest BCUT2D eigenvalue weighted by Crippen LogP contribution is 2.25. The number of carbonyl (C=O) groups excluding carboxylic acids is 2. The zero-order valence-electron chi connectivity index (χ0n) is 13.6. The Morgan fingerprint density at radius 2 is 1.83 bits per heavy atom. The van der Waals surface area contributed by atoms with Crippen LogP contribution in [0.15, 0.2) is 42.5 Å². The van der Waals surface area contributed by atoms with Crippen molar-refractivity contribution in [1.29, 1.82) is 0 Å². The molecule has 2 aromatic carbocycles. The van der Waals surface area contributed by atoms with E-state index in [1.54, 1.807) is 56.3 Å². The minimum absolute atomic E-state index is 0.347. The van der Waals surface area contributed by atoms with E-state index in [-0.39, 0.29) is 5.91 Å². The van der Waals surface area contributed by atoms with Crippen LogP contribution in [0, 0.1) is 6.92 Å². The molecule has 0 aliphatic rings. The Morgan fingerprint density at radius 3 is 2.50 bits per heavy atom. The van der Waals surface area contributed by atoms with E-state index in [2.05, 4.69) is 5.32 Å². The van der Waals surface area contributed by atoms with Crippen LogP contribution in [0.2, 0.25) is 5.02 Å². The third kappa shape index (κ3) is 4.06. The summed E-state index contributed by atoms with van der Waals surface area (Å²) in [5, 5.41) is 3.19. The minimum Gasteiger partial charge on any atom is -0.479 e. The number of hydrogen-bond acceptors (Lipinski definition) is 4. The molecule has 5 nitrogen and oxygen atoms in total. The van der Waals surface area contributed by atoms with E-state index in [0.717, 1.165) is 0 Å². The highest BCUT2D eigenvalue weighted by atomic mass is 35.5. The molecule has 0 fully saturated rings. The van der Waals surface area contributed by atoms with Gasteiger partial charge in [0.25, 0.3) is 5.91 Å². The van der Waals surface area contributed by atoms with Crippen LogP contribution in [0.5, 0.6) is 5.75 Å². The minimum atomic E-state index is -0.758. The van der Waals surface area contributed by atoms with Crippen LogP contribution in [0.25, 0.3) is 0 Å². The number of hydrogen-bond donors (Lipinski definition) is 1. The molecule has 0 heterocycles. The van der Waals surface area contributed by atoms with Crippen molar-refractivity contribution in [1.82, 2.24) is 0 Å². The number of ether oxygens (including phenoxy) is 2. The Balaban J connectivity index is 2.12. The van der Waals surface area contributed by atoms with Crippen LogP contribution < -0.4 is 10.1 Å². The summed E-state index contributed by atoms with van der Waals surface area (Å²) in [5.74, 6) is -0.370. The average Bonchev–Trinajstić information content (AvgIpc) is 2.58. The van der Waals surface area contributed by atoms with Crippen LogP contribution >= 0.6 is 11.6 Å². The van der Waals surface area contributed by atoms with Crippen LogP contribution in [0.4, 0.5) is 5.69 Å². The predicted molar refractivity (Wildman–Crippen MR) is 92.7 cm³/mol. The van der Waals surface area contributed by atoms with Gasteiger partial charge in [0.05, 0.1) is 17.7 Å². The lowest BCUT2D eigenvalue weighted by molar-refractivity contribution is -0.122. The summed E-state index contributed by atoms with van der Waals surface area (Å²) in [5.41, 5.74) is 1.55. The second-order valence-electron chi connectivity index (χ2n) is 5.15. The fraction of sp³-hybridized carbons (Fsp3) is 0.222. The number of benzene rings is 2. The molecule has 1 atom stereocenters. The summed E-state index contributed by atoms with van der Waals surface area (Å²) < 4.78 is 10.3. The highest BCUT2D eigenvalue weighted by Gasteiger charge is 2.18. The maximum absolute atomic E-state index is 12.3. The third-order valence-corrected chi connectivity index (χ3v) is 3.82. The first-order valence-electron chi connectivity index (χ1n) is 7.34. The van der Waals surface area contributed by atoms with Gasteiger partial charge in [0.15, 0.2) is 6.10 Å². The highest BCUT2D eigenvalue weighted by molar-refractivity contribution is 6.32. The second kappa shape index (κ2) is 7.84. The zero-order chi connectivity index (χ0) is 17.7. The first-order chi connectivity index (χ1) is 11.4. The van der Waals surface area contributed by atoms with Crippen LogP contribution in [-0.4, -0.2) is 25.1 Å². The molecule has 126 valence electrons. The first kappa shape index (κ1) is 17.8. The SMILES string of the molecule is COC(=O)c1cccc(NC(=O)[C@H](C)Oc2ccccc2Cl)c1C. The normalized spacial score (nSPS) is 11.5. The molecule has 24 heavy (non-hydrogen) atoms. The lowest BCUT2D eigenvalue weighted by Crippen LogP contribution is -2.30. The molecule has 1 N–H and O–H groups in total. The molecule has 0 saturated carbocycles. The summed E-state index contributed by atoms with van der Waals surface area (Å²) in [6.45, 7) is 3.36. The van der Waals surface area contributed by atoms with Gasteiger partial charge in [-0.2, -0.15) is 0 Å². The number of para-hydroxylation sites is 1. The molecule has 1 amide bonds. The van der Waals surface area contributed by atoms with Gasteiger partial charge in [-0.3, -0.25) is 4.79 Å². The molecule has 2 rings (SSSR count). The van der Waals surface area contributed by atoms with Crippen LogP contribution in [-0.2, 0) is 9.53 Å². The van der Waals surface area contributed by atoms with Crippen LogP contribution in [0.1, 0.15) is 22.8 Å². The molecule has 0 aliphatic carbocycles. The number of halogens is 1. The van der Waals surface area contributed by atoms with E-state index in [9.17, 15) is 9.59 Å². The molecule has 6 heteroatoms. The summed E-state index contributed by atoms with van der Waals surface area (Å²) in [6, 6.07) is 12.0. The monoisotopic (exact) mass is 347 g/mol. The lowest BCUT2D eigenvalue weighted by Gasteiger charge is -2.17. The number of anilines is 1.